The zero-order valence-electron chi connectivity index (χ0n) is 19.2. The lowest BCUT2D eigenvalue weighted by molar-refractivity contribution is -0.0650. The van der Waals surface area contributed by atoms with Crippen LogP contribution in [0.5, 0.6) is 0 Å². The molecule has 1 saturated carbocycles. The summed E-state index contributed by atoms with van der Waals surface area (Å²) >= 11 is 0. The molecule has 0 unspecified atom stereocenters. The Balaban J connectivity index is 1.17. The summed E-state index contributed by atoms with van der Waals surface area (Å²) in [6, 6.07) is 6.80. The van der Waals surface area contributed by atoms with Gasteiger partial charge in [-0.05, 0) is 36.5 Å². The van der Waals surface area contributed by atoms with Gasteiger partial charge in [0.2, 0.25) is 0 Å². The molecular weight excluding hydrogens is 433 g/mol. The molecule has 1 spiro atoms. The van der Waals surface area contributed by atoms with Crippen molar-refractivity contribution < 1.29 is 9.18 Å². The van der Waals surface area contributed by atoms with Crippen LogP contribution in [0.15, 0.2) is 42.9 Å². The van der Waals surface area contributed by atoms with Crippen LogP contribution < -0.4 is 5.32 Å². The molecular formula is C25H26FN7O. The number of halogens is 1. The molecule has 1 aliphatic carbocycles. The zero-order chi connectivity index (χ0) is 23.4. The summed E-state index contributed by atoms with van der Waals surface area (Å²) in [6.45, 7) is 4.04. The summed E-state index contributed by atoms with van der Waals surface area (Å²) in [6.07, 6.45) is 7.67. The van der Waals surface area contributed by atoms with E-state index in [4.69, 9.17) is 0 Å². The number of hydrogen-bond donors (Lipinski definition) is 2. The Hall–Kier alpha value is -3.75. The number of benzene rings is 1. The van der Waals surface area contributed by atoms with Gasteiger partial charge in [-0.1, -0.05) is 19.1 Å². The molecule has 2 N–H and O–H groups in total. The molecule has 4 aromatic rings. The largest absolute Gasteiger partial charge is 0.336 e. The number of nitrogens with zero attached hydrogens (tertiary/aromatic N) is 5. The van der Waals surface area contributed by atoms with Crippen molar-refractivity contribution in [3.63, 3.8) is 0 Å². The zero-order valence-corrected chi connectivity index (χ0v) is 19.2. The maximum Gasteiger partial charge on any atom is 0.317 e. The molecule has 0 radical (unpaired) electrons. The van der Waals surface area contributed by atoms with Crippen LogP contribution in [0.2, 0.25) is 0 Å². The molecule has 2 amide bonds. The number of urea groups is 1. The Labute approximate surface area is 196 Å². The van der Waals surface area contributed by atoms with Gasteiger partial charge in [-0.15, -0.1) is 0 Å². The first-order valence-corrected chi connectivity index (χ1v) is 11.5. The van der Waals surface area contributed by atoms with Gasteiger partial charge in [0.05, 0.1) is 17.3 Å². The summed E-state index contributed by atoms with van der Waals surface area (Å²) in [4.78, 5) is 26.5. The van der Waals surface area contributed by atoms with Crippen LogP contribution in [-0.2, 0) is 13.6 Å². The van der Waals surface area contributed by atoms with Crippen LogP contribution in [0.25, 0.3) is 33.7 Å². The molecule has 1 saturated heterocycles. The second-order valence-corrected chi connectivity index (χ2v) is 9.88. The number of aryl methyl sites for hydroxylation is 1. The minimum absolute atomic E-state index is 0.120. The molecule has 1 aliphatic heterocycles. The van der Waals surface area contributed by atoms with Crippen LogP contribution in [0.1, 0.15) is 25.3 Å². The molecule has 8 nitrogen and oxygen atoms in total. The van der Waals surface area contributed by atoms with E-state index in [1.807, 2.05) is 30.3 Å². The lowest BCUT2D eigenvalue weighted by Crippen LogP contribution is -2.64. The summed E-state index contributed by atoms with van der Waals surface area (Å²) in [5, 5.41) is 7.05. The number of amides is 2. The maximum absolute atomic E-state index is 15.0. The van der Waals surface area contributed by atoms with E-state index in [0.29, 0.717) is 28.0 Å². The Morgan fingerprint density at radius 2 is 2.09 bits per heavy atom. The fourth-order valence-electron chi connectivity index (χ4n) is 5.56. The van der Waals surface area contributed by atoms with E-state index < -0.39 is 0 Å². The Kier molecular flexibility index (Phi) is 4.68. The smallest absolute Gasteiger partial charge is 0.317 e. The van der Waals surface area contributed by atoms with E-state index in [9.17, 15) is 9.18 Å². The number of likely N-dealkylation sites (tertiary alicyclic amines) is 1. The van der Waals surface area contributed by atoms with Crippen LogP contribution in [0, 0.1) is 17.2 Å². The molecule has 174 valence electrons. The highest BCUT2D eigenvalue weighted by Gasteiger charge is 2.52. The second-order valence-electron chi connectivity index (χ2n) is 9.88. The van der Waals surface area contributed by atoms with Crippen molar-refractivity contribution in [2.45, 2.75) is 26.3 Å². The number of imidazole rings is 1. The molecule has 0 bridgehead atoms. The summed E-state index contributed by atoms with van der Waals surface area (Å²) in [7, 11) is 1.84. The van der Waals surface area contributed by atoms with E-state index in [1.165, 1.54) is 18.9 Å². The van der Waals surface area contributed by atoms with E-state index in [-0.39, 0.29) is 18.4 Å². The number of rotatable bonds is 4. The maximum atomic E-state index is 15.0. The highest BCUT2D eigenvalue weighted by Crippen LogP contribution is 2.51. The monoisotopic (exact) mass is 459 g/mol. The van der Waals surface area contributed by atoms with E-state index in [1.54, 1.807) is 23.1 Å². The van der Waals surface area contributed by atoms with Gasteiger partial charge in [0, 0.05) is 55.6 Å². The average Bonchev–Trinajstić information content (AvgIpc) is 3.40. The van der Waals surface area contributed by atoms with Crippen molar-refractivity contribution >= 4 is 17.2 Å². The van der Waals surface area contributed by atoms with Crippen LogP contribution in [0.4, 0.5) is 9.18 Å². The first-order chi connectivity index (χ1) is 16.4. The quantitative estimate of drug-likeness (QED) is 0.481. The average molecular weight is 460 g/mol. The molecule has 34 heavy (non-hydrogen) atoms. The summed E-state index contributed by atoms with van der Waals surface area (Å²) < 4.78 is 16.7. The van der Waals surface area contributed by atoms with Gasteiger partial charge < -0.3 is 15.2 Å². The van der Waals surface area contributed by atoms with Gasteiger partial charge in [0.25, 0.3) is 0 Å². The standard InChI is InChI=1S/C25H26FN7O/c1-15-8-25(9-15)13-33(14-25)24(34)28-10-17-4-3-16(7-20(17)26)19-5-6-27-23-21(19)30-22(31-23)18-11-29-32(2)12-18/h3-7,11-12,15H,8-10,13-14H2,1-2H3,(H,28,34)(H,27,30,31). The fourth-order valence-corrected chi connectivity index (χ4v) is 5.56. The minimum atomic E-state index is -0.359. The van der Waals surface area contributed by atoms with Gasteiger partial charge in [-0.2, -0.15) is 5.10 Å². The topological polar surface area (TPSA) is 91.7 Å². The molecule has 2 aliphatic rings. The third-order valence-electron chi connectivity index (χ3n) is 7.07. The SMILES string of the molecule is CC1CC2(C1)CN(C(=O)NCc1ccc(-c3ccnc4nc(-c5cnn(C)c5)[nH]c34)cc1F)C2. The number of carbonyl (C=O) groups is 1. The van der Waals surface area contributed by atoms with Crippen molar-refractivity contribution in [2.24, 2.45) is 18.4 Å². The Morgan fingerprint density at radius 1 is 1.26 bits per heavy atom. The van der Waals surface area contributed by atoms with Crippen molar-refractivity contribution in [2.75, 3.05) is 13.1 Å². The lowest BCUT2D eigenvalue weighted by atomic mass is 9.58. The lowest BCUT2D eigenvalue weighted by Gasteiger charge is -2.58. The van der Waals surface area contributed by atoms with Crippen LogP contribution in [0.3, 0.4) is 0 Å². The number of fused-ring (bicyclic) bond motifs is 1. The molecule has 9 heteroatoms. The van der Waals surface area contributed by atoms with Crippen molar-refractivity contribution in [3.05, 3.63) is 54.2 Å². The van der Waals surface area contributed by atoms with E-state index >= 15 is 0 Å². The Morgan fingerprint density at radius 3 is 2.79 bits per heavy atom. The van der Waals surface area contributed by atoms with E-state index in [2.05, 4.69) is 32.3 Å². The number of aromatic nitrogens is 5. The highest BCUT2D eigenvalue weighted by atomic mass is 19.1. The van der Waals surface area contributed by atoms with Crippen LogP contribution >= 0.6 is 0 Å². The molecule has 0 atom stereocenters. The number of H-pyrrole nitrogens is 1. The normalized spacial score (nSPS) is 17.1. The van der Waals surface area contributed by atoms with Crippen LogP contribution in [-0.4, -0.2) is 48.8 Å². The van der Waals surface area contributed by atoms with Crippen molar-refractivity contribution in [3.8, 4) is 22.5 Å². The first-order valence-electron chi connectivity index (χ1n) is 11.5. The second kappa shape index (κ2) is 7.65. The van der Waals surface area contributed by atoms with Gasteiger partial charge in [0.1, 0.15) is 11.6 Å². The van der Waals surface area contributed by atoms with E-state index in [0.717, 1.165) is 35.7 Å². The number of hydrogen-bond acceptors (Lipinski definition) is 4. The molecule has 1 aromatic carbocycles. The van der Waals surface area contributed by atoms with Gasteiger partial charge in [-0.25, -0.2) is 19.2 Å². The number of pyridine rings is 1. The molecule has 3 aromatic heterocycles. The predicted octanol–water partition coefficient (Wildman–Crippen LogP) is 4.11. The third kappa shape index (κ3) is 3.52. The highest BCUT2D eigenvalue weighted by molar-refractivity contribution is 5.91. The van der Waals surface area contributed by atoms with Gasteiger partial charge in [-0.3, -0.25) is 4.68 Å². The minimum Gasteiger partial charge on any atom is -0.336 e. The molecule has 4 heterocycles. The van der Waals surface area contributed by atoms with Crippen molar-refractivity contribution in [1.82, 2.24) is 34.9 Å². The summed E-state index contributed by atoms with van der Waals surface area (Å²) in [5.41, 5.74) is 4.47. The van der Waals surface area contributed by atoms with Gasteiger partial charge >= 0.3 is 6.03 Å². The first kappa shape index (κ1) is 20.8. The molecule has 6 rings (SSSR count). The third-order valence-corrected chi connectivity index (χ3v) is 7.07. The predicted molar refractivity (Wildman–Crippen MR) is 126 cm³/mol. The number of carbonyl (C=O) groups excluding carboxylic acids is 1. The van der Waals surface area contributed by atoms with Gasteiger partial charge in [0.15, 0.2) is 5.65 Å². The fraction of sp³-hybridized carbons (Fsp3) is 0.360. The van der Waals surface area contributed by atoms with Crippen molar-refractivity contribution in [1.29, 1.82) is 0 Å². The Bertz CT molecular complexity index is 1390. The number of nitrogens with one attached hydrogen (secondary N) is 2. The summed E-state index contributed by atoms with van der Waals surface area (Å²) in [5.74, 6) is 1.07. The molecule has 2 fully saturated rings. The number of aromatic amines is 1.